The molecule has 1 amide bonds. The molecule has 4 rings (SSSR count). The van der Waals surface area contributed by atoms with Gasteiger partial charge < -0.3 is 9.80 Å². The first-order valence-electron chi connectivity index (χ1n) is 10.6. The zero-order valence-corrected chi connectivity index (χ0v) is 21.4. The number of halogens is 4. The largest absolute Gasteiger partial charge is 0.340 e. The molecule has 174 valence electrons. The smallest absolute Gasteiger partial charge is 0.224 e. The number of nitrogens with zero attached hydrogens (tertiary/aromatic N) is 2. The van der Waals surface area contributed by atoms with Crippen LogP contribution in [0, 0.1) is 0 Å². The van der Waals surface area contributed by atoms with Gasteiger partial charge in [0.15, 0.2) is 0 Å². The van der Waals surface area contributed by atoms with Crippen molar-refractivity contribution < 1.29 is 4.79 Å². The molecule has 1 fully saturated rings. The van der Waals surface area contributed by atoms with Crippen LogP contribution < -0.4 is 0 Å². The van der Waals surface area contributed by atoms with E-state index in [2.05, 4.69) is 11.9 Å². The van der Waals surface area contributed by atoms with Gasteiger partial charge in [0.05, 0.1) is 5.41 Å². The number of piperazine rings is 1. The van der Waals surface area contributed by atoms with E-state index in [0.717, 1.165) is 42.9 Å². The van der Waals surface area contributed by atoms with Crippen molar-refractivity contribution in [3.63, 3.8) is 0 Å². The summed E-state index contributed by atoms with van der Waals surface area (Å²) in [6, 6.07) is 23.3. The average molecular weight is 524 g/mol. The highest BCUT2D eigenvalue weighted by atomic mass is 35.5. The molecular formula is C26H26Cl4N2O. The first-order chi connectivity index (χ1) is 15.4. The minimum absolute atomic E-state index is 0. The minimum Gasteiger partial charge on any atom is -0.340 e. The number of amides is 1. The van der Waals surface area contributed by atoms with Crippen LogP contribution in [0.1, 0.15) is 23.1 Å². The van der Waals surface area contributed by atoms with E-state index in [9.17, 15) is 4.79 Å². The summed E-state index contributed by atoms with van der Waals surface area (Å²) in [6.45, 7) is 3.21. The molecule has 0 N–H and O–H groups in total. The number of likely N-dealkylation sites (N-methyl/N-ethyl adjacent to an activating group) is 1. The fourth-order valence-corrected chi connectivity index (χ4v) is 4.78. The maximum absolute atomic E-state index is 13.7. The van der Waals surface area contributed by atoms with Gasteiger partial charge in [-0.15, -0.1) is 12.4 Å². The van der Waals surface area contributed by atoms with Gasteiger partial charge in [0.1, 0.15) is 0 Å². The van der Waals surface area contributed by atoms with Gasteiger partial charge in [-0.25, -0.2) is 0 Å². The number of rotatable bonds is 5. The van der Waals surface area contributed by atoms with E-state index in [-0.39, 0.29) is 18.3 Å². The van der Waals surface area contributed by atoms with Crippen LogP contribution in [0.5, 0.6) is 0 Å². The summed E-state index contributed by atoms with van der Waals surface area (Å²) >= 11 is 18.7. The zero-order chi connectivity index (χ0) is 22.7. The van der Waals surface area contributed by atoms with Crippen molar-refractivity contribution in [2.45, 2.75) is 11.8 Å². The molecule has 0 atom stereocenters. The van der Waals surface area contributed by atoms with Crippen molar-refractivity contribution >= 4 is 53.1 Å². The van der Waals surface area contributed by atoms with Gasteiger partial charge in [-0.2, -0.15) is 0 Å². The number of carbonyl (C=O) groups is 1. The third-order valence-electron chi connectivity index (χ3n) is 6.28. The molecule has 1 heterocycles. The monoisotopic (exact) mass is 522 g/mol. The van der Waals surface area contributed by atoms with E-state index >= 15 is 0 Å². The summed E-state index contributed by atoms with van der Waals surface area (Å²) in [4.78, 5) is 17.9. The quantitative estimate of drug-likeness (QED) is 0.353. The standard InChI is InChI=1S/C26H25Cl3N2O.ClH/c1-30-14-16-31(17-15-30)25(32)18-26(19-2-8-22(27)9-3-19,20-4-10-23(28)11-5-20)21-6-12-24(29)13-7-21;/h2-13H,14-18H2,1H3;1H. The lowest BCUT2D eigenvalue weighted by molar-refractivity contribution is -0.133. The molecule has 0 aliphatic carbocycles. The molecule has 1 saturated heterocycles. The average Bonchev–Trinajstić information content (AvgIpc) is 2.80. The van der Waals surface area contributed by atoms with E-state index in [1.807, 2.05) is 77.7 Å². The minimum atomic E-state index is -0.708. The highest BCUT2D eigenvalue weighted by molar-refractivity contribution is 6.31. The Morgan fingerprint density at radius 3 is 1.36 bits per heavy atom. The number of hydrogen-bond acceptors (Lipinski definition) is 2. The Morgan fingerprint density at radius 1 is 0.697 bits per heavy atom. The third-order valence-corrected chi connectivity index (χ3v) is 7.04. The van der Waals surface area contributed by atoms with Gasteiger partial charge in [-0.1, -0.05) is 71.2 Å². The van der Waals surface area contributed by atoms with Crippen LogP contribution in [-0.2, 0) is 10.2 Å². The predicted octanol–water partition coefficient (Wildman–Crippen LogP) is 6.57. The summed E-state index contributed by atoms with van der Waals surface area (Å²) in [7, 11) is 2.08. The van der Waals surface area contributed by atoms with Crippen molar-refractivity contribution in [3.05, 3.63) is 105 Å². The Labute approximate surface area is 216 Å². The van der Waals surface area contributed by atoms with Crippen LogP contribution in [0.4, 0.5) is 0 Å². The highest BCUT2D eigenvalue weighted by Gasteiger charge is 2.40. The topological polar surface area (TPSA) is 23.6 Å². The van der Waals surface area contributed by atoms with Gasteiger partial charge in [-0.05, 0) is 60.1 Å². The lowest BCUT2D eigenvalue weighted by Crippen LogP contribution is -2.49. The molecule has 7 heteroatoms. The second-order valence-corrected chi connectivity index (χ2v) is 9.60. The first-order valence-corrected chi connectivity index (χ1v) is 11.8. The molecule has 0 unspecified atom stereocenters. The molecule has 3 aromatic rings. The summed E-state index contributed by atoms with van der Waals surface area (Å²) in [5.41, 5.74) is 2.28. The van der Waals surface area contributed by atoms with Crippen LogP contribution in [0.3, 0.4) is 0 Å². The van der Waals surface area contributed by atoms with Crippen molar-refractivity contribution in [2.24, 2.45) is 0 Å². The molecule has 0 saturated carbocycles. The van der Waals surface area contributed by atoms with Crippen LogP contribution >= 0.6 is 47.2 Å². The predicted molar refractivity (Wildman–Crippen MR) is 140 cm³/mol. The Bertz CT molecular complexity index is 950. The molecule has 1 aliphatic rings. The number of benzene rings is 3. The molecule has 3 nitrogen and oxygen atoms in total. The summed E-state index contributed by atoms with van der Waals surface area (Å²) in [5.74, 6) is 0.123. The van der Waals surface area contributed by atoms with Gasteiger partial charge in [0, 0.05) is 47.7 Å². The second kappa shape index (κ2) is 11.1. The van der Waals surface area contributed by atoms with E-state index in [4.69, 9.17) is 34.8 Å². The van der Waals surface area contributed by atoms with Crippen molar-refractivity contribution in [2.75, 3.05) is 33.2 Å². The van der Waals surface area contributed by atoms with E-state index in [1.54, 1.807) is 0 Å². The lowest BCUT2D eigenvalue weighted by atomic mass is 9.67. The van der Waals surface area contributed by atoms with Crippen molar-refractivity contribution in [1.29, 1.82) is 0 Å². The van der Waals surface area contributed by atoms with Crippen LogP contribution in [-0.4, -0.2) is 48.9 Å². The first kappa shape index (κ1) is 25.9. The van der Waals surface area contributed by atoms with Gasteiger partial charge >= 0.3 is 0 Å². The van der Waals surface area contributed by atoms with Gasteiger partial charge in [0.25, 0.3) is 0 Å². The molecule has 3 aromatic carbocycles. The molecule has 0 bridgehead atoms. The maximum Gasteiger partial charge on any atom is 0.224 e. The number of hydrogen-bond donors (Lipinski definition) is 0. The highest BCUT2D eigenvalue weighted by Crippen LogP contribution is 2.43. The third kappa shape index (κ3) is 5.67. The normalized spacial score (nSPS) is 14.6. The van der Waals surface area contributed by atoms with Gasteiger partial charge in [-0.3, -0.25) is 4.79 Å². The van der Waals surface area contributed by atoms with E-state index < -0.39 is 5.41 Å². The molecule has 1 aliphatic heterocycles. The summed E-state index contributed by atoms with van der Waals surface area (Å²) in [6.07, 6.45) is 0.293. The summed E-state index contributed by atoms with van der Waals surface area (Å²) in [5, 5.41) is 1.96. The van der Waals surface area contributed by atoms with Crippen LogP contribution in [0.25, 0.3) is 0 Å². The fourth-order valence-electron chi connectivity index (χ4n) is 4.40. The molecule has 33 heavy (non-hydrogen) atoms. The van der Waals surface area contributed by atoms with Crippen LogP contribution in [0.2, 0.25) is 15.1 Å². The Balaban J connectivity index is 0.00000306. The van der Waals surface area contributed by atoms with E-state index in [1.165, 1.54) is 0 Å². The fraction of sp³-hybridized carbons (Fsp3) is 0.269. The van der Waals surface area contributed by atoms with Crippen LogP contribution in [0.15, 0.2) is 72.8 Å². The van der Waals surface area contributed by atoms with Crippen molar-refractivity contribution in [3.8, 4) is 0 Å². The molecular weight excluding hydrogens is 498 g/mol. The van der Waals surface area contributed by atoms with Crippen molar-refractivity contribution in [1.82, 2.24) is 9.80 Å². The summed E-state index contributed by atoms with van der Waals surface area (Å²) < 4.78 is 0. The Hall–Kier alpha value is -1.75. The Morgan fingerprint density at radius 2 is 1.03 bits per heavy atom. The van der Waals surface area contributed by atoms with E-state index in [0.29, 0.717) is 21.5 Å². The molecule has 0 aromatic heterocycles. The molecule has 0 spiro atoms. The maximum atomic E-state index is 13.7. The molecule has 0 radical (unpaired) electrons. The number of carbonyl (C=O) groups excluding carboxylic acids is 1. The second-order valence-electron chi connectivity index (χ2n) is 8.29. The SMILES string of the molecule is CN1CCN(C(=O)CC(c2ccc(Cl)cc2)(c2ccc(Cl)cc2)c2ccc(Cl)cc2)CC1.Cl. The Kier molecular flexibility index (Phi) is 8.71. The van der Waals surface area contributed by atoms with Gasteiger partial charge in [0.2, 0.25) is 5.91 Å². The lowest BCUT2D eigenvalue weighted by Gasteiger charge is -2.39. The zero-order valence-electron chi connectivity index (χ0n) is 18.3.